The number of hydrogen-bond acceptors (Lipinski definition) is 3. The van der Waals surface area contributed by atoms with Crippen molar-refractivity contribution < 1.29 is 8.42 Å². The largest absolute Gasteiger partial charge is 0.252 e. The van der Waals surface area contributed by atoms with E-state index < -0.39 is 10.0 Å². The van der Waals surface area contributed by atoms with E-state index in [4.69, 9.17) is 11.6 Å². The molecule has 0 spiro atoms. The second kappa shape index (κ2) is 5.17. The molecule has 0 radical (unpaired) electrons. The first-order valence-electron chi connectivity index (χ1n) is 5.25. The maximum absolute atomic E-state index is 12.2. The highest BCUT2D eigenvalue weighted by molar-refractivity contribution is 9.09. The number of nitrogens with zero attached hydrogens (tertiary/aromatic N) is 1. The maximum Gasteiger partial charge on any atom is 0.252 e. The van der Waals surface area contributed by atoms with Crippen molar-refractivity contribution in [1.29, 1.82) is 0 Å². The zero-order valence-corrected chi connectivity index (χ0v) is 13.2. The van der Waals surface area contributed by atoms with E-state index in [1.807, 2.05) is 0 Å². The van der Waals surface area contributed by atoms with Gasteiger partial charge >= 0.3 is 0 Å². The van der Waals surface area contributed by atoms with E-state index in [1.165, 1.54) is 4.31 Å². The summed E-state index contributed by atoms with van der Waals surface area (Å²) < 4.78 is 26.6. The molecule has 3 nitrogen and oxygen atoms in total. The highest BCUT2D eigenvalue weighted by Gasteiger charge is 2.31. The zero-order valence-electron chi connectivity index (χ0n) is 9.27. The molecule has 1 heterocycles. The molecule has 0 aromatic carbocycles. The van der Waals surface area contributed by atoms with E-state index in [0.717, 1.165) is 24.2 Å². The molecule has 7 heteroatoms. The molecule has 0 atom stereocenters. The Morgan fingerprint density at radius 3 is 2.65 bits per heavy atom. The van der Waals surface area contributed by atoms with Crippen molar-refractivity contribution in [2.45, 2.75) is 21.9 Å². The van der Waals surface area contributed by atoms with Crippen LogP contribution in [0.2, 0.25) is 4.34 Å². The molecular weight excluding hydrogens is 346 g/mol. The summed E-state index contributed by atoms with van der Waals surface area (Å²) in [6.07, 6.45) is 2.09. The minimum Gasteiger partial charge on any atom is -0.206 e. The number of alkyl halides is 1. The molecule has 17 heavy (non-hydrogen) atoms. The van der Waals surface area contributed by atoms with Crippen molar-refractivity contribution in [3.8, 4) is 0 Å². The van der Waals surface area contributed by atoms with Crippen LogP contribution < -0.4 is 0 Å². The van der Waals surface area contributed by atoms with Crippen LogP contribution in [0.25, 0.3) is 0 Å². The fourth-order valence-electron chi connectivity index (χ4n) is 1.86. The third kappa shape index (κ3) is 3.04. The first-order valence-corrected chi connectivity index (χ1v) is 8.80. The highest BCUT2D eigenvalue weighted by Crippen LogP contribution is 2.35. The topological polar surface area (TPSA) is 37.4 Å². The van der Waals surface area contributed by atoms with Crippen molar-refractivity contribution >= 4 is 48.9 Å². The number of hydrogen-bond donors (Lipinski definition) is 0. The smallest absolute Gasteiger partial charge is 0.206 e. The first-order chi connectivity index (χ1) is 7.89. The van der Waals surface area contributed by atoms with Gasteiger partial charge in [0.15, 0.2) is 0 Å². The van der Waals surface area contributed by atoms with Crippen LogP contribution in [-0.2, 0) is 10.0 Å². The summed E-state index contributed by atoms with van der Waals surface area (Å²) in [6.45, 7) is 0.583. The van der Waals surface area contributed by atoms with Gasteiger partial charge in [-0.25, -0.2) is 8.42 Å². The maximum atomic E-state index is 12.2. The Labute approximate surface area is 119 Å². The Kier molecular flexibility index (Phi) is 4.20. The Hall–Kier alpha value is 0.380. The monoisotopic (exact) mass is 357 g/mol. The molecule has 2 rings (SSSR count). The molecule has 0 saturated heterocycles. The van der Waals surface area contributed by atoms with E-state index in [1.54, 1.807) is 19.2 Å². The molecule has 0 amide bonds. The fourth-order valence-corrected chi connectivity index (χ4v) is 5.85. The highest BCUT2D eigenvalue weighted by atomic mass is 79.9. The lowest BCUT2D eigenvalue weighted by Crippen LogP contribution is -2.37. The van der Waals surface area contributed by atoms with Crippen LogP contribution >= 0.6 is 38.9 Å². The molecule has 0 unspecified atom stereocenters. The SMILES string of the molecule is CN(CC1CC(Br)C1)S(=O)(=O)c1ccc(Cl)s1. The summed E-state index contributed by atoms with van der Waals surface area (Å²) in [5.74, 6) is 0.467. The third-order valence-electron chi connectivity index (χ3n) is 2.91. The summed E-state index contributed by atoms with van der Waals surface area (Å²) in [7, 11) is -1.73. The van der Waals surface area contributed by atoms with Crippen LogP contribution in [0.3, 0.4) is 0 Å². The summed E-state index contributed by atoms with van der Waals surface area (Å²) in [6, 6.07) is 3.18. The zero-order chi connectivity index (χ0) is 12.6. The summed E-state index contributed by atoms with van der Waals surface area (Å²) in [4.78, 5) is 0.555. The lowest BCUT2D eigenvalue weighted by atomic mass is 9.85. The first kappa shape index (κ1) is 13.8. The van der Waals surface area contributed by atoms with Crippen LogP contribution in [0, 0.1) is 5.92 Å². The van der Waals surface area contributed by atoms with Crippen molar-refractivity contribution in [1.82, 2.24) is 4.31 Å². The minimum atomic E-state index is -3.35. The fraction of sp³-hybridized carbons (Fsp3) is 0.600. The van der Waals surface area contributed by atoms with Gasteiger partial charge in [0, 0.05) is 18.4 Å². The minimum absolute atomic E-state index is 0.319. The van der Waals surface area contributed by atoms with Gasteiger partial charge in [-0.2, -0.15) is 4.31 Å². The quantitative estimate of drug-likeness (QED) is 0.775. The molecule has 0 bridgehead atoms. The summed E-state index contributed by atoms with van der Waals surface area (Å²) >= 11 is 10.4. The van der Waals surface area contributed by atoms with Crippen molar-refractivity contribution in [3.63, 3.8) is 0 Å². The van der Waals surface area contributed by atoms with Crippen LogP contribution in [0.4, 0.5) is 0 Å². The second-order valence-corrected chi connectivity index (χ2v) is 9.56. The number of rotatable bonds is 4. The average Bonchev–Trinajstić information content (AvgIpc) is 2.63. The predicted molar refractivity (Wildman–Crippen MR) is 74.6 cm³/mol. The molecule has 1 aliphatic rings. The molecule has 0 N–H and O–H groups in total. The van der Waals surface area contributed by atoms with E-state index >= 15 is 0 Å². The molecule has 1 aromatic rings. The Morgan fingerprint density at radius 2 is 2.18 bits per heavy atom. The molecule has 1 fully saturated rings. The number of sulfonamides is 1. The van der Waals surface area contributed by atoms with Crippen LogP contribution in [0.1, 0.15) is 12.8 Å². The van der Waals surface area contributed by atoms with Gasteiger partial charge in [0.05, 0.1) is 4.34 Å². The van der Waals surface area contributed by atoms with Crippen molar-refractivity contribution in [2.24, 2.45) is 5.92 Å². The van der Waals surface area contributed by atoms with Gasteiger partial charge in [0.25, 0.3) is 10.0 Å². The number of thiophene rings is 1. The Balaban J connectivity index is 2.05. The number of halogens is 2. The molecule has 1 aromatic heterocycles. The normalized spacial score (nSPS) is 24.9. The van der Waals surface area contributed by atoms with E-state index in [9.17, 15) is 8.42 Å². The standard InChI is InChI=1S/C10H13BrClNO2S2/c1-13(6-7-4-8(11)5-7)17(14,15)10-3-2-9(12)16-10/h2-3,7-8H,4-6H2,1H3. The lowest BCUT2D eigenvalue weighted by Gasteiger charge is -2.33. The van der Waals surface area contributed by atoms with Crippen LogP contribution in [0.15, 0.2) is 16.3 Å². The van der Waals surface area contributed by atoms with Gasteiger partial charge in [0.1, 0.15) is 4.21 Å². The molecule has 0 aliphatic heterocycles. The molecule has 1 saturated carbocycles. The van der Waals surface area contributed by atoms with Crippen molar-refractivity contribution in [2.75, 3.05) is 13.6 Å². The van der Waals surface area contributed by atoms with Crippen LogP contribution in [0.5, 0.6) is 0 Å². The predicted octanol–water partition coefficient (Wildman–Crippen LogP) is 3.20. The second-order valence-electron chi connectivity index (χ2n) is 4.28. The van der Waals surface area contributed by atoms with E-state index in [-0.39, 0.29) is 0 Å². The Bertz CT molecular complexity index is 496. The lowest BCUT2D eigenvalue weighted by molar-refractivity contribution is 0.275. The van der Waals surface area contributed by atoms with Crippen LogP contribution in [-0.4, -0.2) is 31.1 Å². The molecule has 96 valence electrons. The van der Waals surface area contributed by atoms with E-state index in [2.05, 4.69) is 15.9 Å². The summed E-state index contributed by atoms with van der Waals surface area (Å²) in [5, 5.41) is 0. The molecular formula is C10H13BrClNO2S2. The Morgan fingerprint density at radius 1 is 1.53 bits per heavy atom. The van der Waals surface area contributed by atoms with Gasteiger partial charge in [0.2, 0.25) is 0 Å². The van der Waals surface area contributed by atoms with Gasteiger partial charge in [-0.1, -0.05) is 27.5 Å². The van der Waals surface area contributed by atoms with Gasteiger partial charge in [-0.15, -0.1) is 11.3 Å². The van der Waals surface area contributed by atoms with Gasteiger partial charge < -0.3 is 0 Å². The summed E-state index contributed by atoms with van der Waals surface area (Å²) in [5.41, 5.74) is 0. The average molecular weight is 359 g/mol. The third-order valence-corrected chi connectivity index (χ3v) is 7.18. The van der Waals surface area contributed by atoms with Gasteiger partial charge in [-0.05, 0) is 30.9 Å². The van der Waals surface area contributed by atoms with Gasteiger partial charge in [-0.3, -0.25) is 0 Å². The van der Waals surface area contributed by atoms with E-state index in [0.29, 0.717) is 25.8 Å². The van der Waals surface area contributed by atoms with Crippen molar-refractivity contribution in [3.05, 3.63) is 16.5 Å². The molecule has 1 aliphatic carbocycles.